The first kappa shape index (κ1) is 12.2. The van der Waals surface area contributed by atoms with E-state index in [1.54, 1.807) is 36.6 Å². The molecular formula is C11H11F2N3O2. The van der Waals surface area contributed by atoms with E-state index in [1.807, 2.05) is 6.07 Å². The van der Waals surface area contributed by atoms with Crippen LogP contribution < -0.4 is 10.2 Å². The van der Waals surface area contributed by atoms with Crippen LogP contribution in [0.2, 0.25) is 0 Å². The minimum Gasteiger partial charge on any atom is -0.455 e. The second kappa shape index (κ2) is 5.35. The lowest BCUT2D eigenvalue weighted by atomic mass is 10.3. The van der Waals surface area contributed by atoms with Crippen LogP contribution in [-0.2, 0) is 4.74 Å². The van der Waals surface area contributed by atoms with Gasteiger partial charge in [0.15, 0.2) is 0 Å². The third kappa shape index (κ3) is 3.34. The summed E-state index contributed by atoms with van der Waals surface area (Å²) in [4.78, 5) is 0. The molecule has 0 saturated carbocycles. The average Bonchev–Trinajstić information content (AvgIpc) is 2.28. The molecule has 0 spiro atoms. The number of benzene rings is 1. The molecule has 18 heavy (non-hydrogen) atoms. The van der Waals surface area contributed by atoms with Gasteiger partial charge < -0.3 is 9.47 Å². The fourth-order valence-corrected chi connectivity index (χ4v) is 1.31. The number of nitrogens with zero attached hydrogens (tertiary/aromatic N) is 2. The van der Waals surface area contributed by atoms with Crippen molar-refractivity contribution < 1.29 is 18.3 Å². The predicted octanol–water partition coefficient (Wildman–Crippen LogP) is 2.26. The zero-order valence-electron chi connectivity index (χ0n) is 9.51. The van der Waals surface area contributed by atoms with E-state index in [0.29, 0.717) is 5.75 Å². The molecule has 0 saturated heterocycles. The lowest BCUT2D eigenvalue weighted by Gasteiger charge is -2.19. The van der Waals surface area contributed by atoms with Crippen LogP contribution in [0, 0.1) is 0 Å². The molecule has 0 radical (unpaired) electrons. The van der Waals surface area contributed by atoms with E-state index in [1.165, 1.54) is 0 Å². The van der Waals surface area contributed by atoms with Crippen LogP contribution in [0.5, 0.6) is 5.75 Å². The Labute approximate surface area is 102 Å². The van der Waals surface area contributed by atoms with E-state index in [2.05, 4.69) is 5.10 Å². The van der Waals surface area contributed by atoms with Crippen molar-refractivity contribution in [1.82, 2.24) is 10.8 Å². The molecule has 1 aromatic rings. The summed E-state index contributed by atoms with van der Waals surface area (Å²) >= 11 is 0. The van der Waals surface area contributed by atoms with Gasteiger partial charge in [0.1, 0.15) is 5.75 Å². The van der Waals surface area contributed by atoms with Crippen molar-refractivity contribution in [2.75, 3.05) is 0 Å². The molecule has 7 heteroatoms. The van der Waals surface area contributed by atoms with Gasteiger partial charge in [-0.3, -0.25) is 0 Å². The van der Waals surface area contributed by atoms with Crippen LogP contribution in [-0.4, -0.2) is 17.5 Å². The number of ether oxygens (including phenoxy) is 2. The minimum absolute atomic E-state index is 0.225. The molecule has 1 unspecified atom stereocenters. The van der Waals surface area contributed by atoms with Gasteiger partial charge in [0.2, 0.25) is 18.1 Å². The minimum atomic E-state index is -0.908. The predicted molar refractivity (Wildman–Crippen MR) is 60.3 cm³/mol. The second-order valence-electron chi connectivity index (χ2n) is 3.42. The van der Waals surface area contributed by atoms with E-state index < -0.39 is 12.2 Å². The number of rotatable bonds is 3. The summed E-state index contributed by atoms with van der Waals surface area (Å²) in [5, 5.41) is 2.99. The van der Waals surface area contributed by atoms with Crippen LogP contribution in [0.25, 0.3) is 0 Å². The third-order valence-corrected chi connectivity index (χ3v) is 1.97. The second-order valence-corrected chi connectivity index (χ2v) is 3.42. The van der Waals surface area contributed by atoms with E-state index in [0.717, 1.165) is 6.08 Å². The summed E-state index contributed by atoms with van der Waals surface area (Å²) in [5.74, 6) is -0.548. The first-order valence-electron chi connectivity index (χ1n) is 5.20. The molecule has 1 heterocycles. The highest BCUT2D eigenvalue weighted by atomic mass is 19.2. The highest BCUT2D eigenvalue weighted by molar-refractivity contribution is 5.88. The summed E-state index contributed by atoms with van der Waals surface area (Å²) in [6.45, 7) is 1.59. The quantitative estimate of drug-likeness (QED) is 0.511. The number of hydrogen-bond acceptors (Lipinski definition) is 5. The SMILES string of the molecule is CC(OC1=NN(F)NC(F)=C1)Oc1ccccc1. The highest BCUT2D eigenvalue weighted by Crippen LogP contribution is 2.13. The van der Waals surface area contributed by atoms with Crippen molar-refractivity contribution in [2.45, 2.75) is 13.2 Å². The van der Waals surface area contributed by atoms with Gasteiger partial charge in [0.25, 0.3) is 0 Å². The molecule has 96 valence electrons. The lowest BCUT2D eigenvalue weighted by Crippen LogP contribution is -2.32. The Balaban J connectivity index is 1.94. The smallest absolute Gasteiger partial charge is 0.243 e. The maximum Gasteiger partial charge on any atom is 0.243 e. The molecule has 2 rings (SSSR count). The Bertz CT molecular complexity index is 465. The molecule has 1 aliphatic heterocycles. The molecular weight excluding hydrogens is 244 g/mol. The van der Waals surface area contributed by atoms with Gasteiger partial charge in [-0.25, -0.2) is 5.43 Å². The largest absolute Gasteiger partial charge is 0.455 e. The maximum absolute atomic E-state index is 12.8. The summed E-state index contributed by atoms with van der Waals surface area (Å²) in [7, 11) is 0. The monoisotopic (exact) mass is 255 g/mol. The molecule has 5 nitrogen and oxygen atoms in total. The van der Waals surface area contributed by atoms with Crippen molar-refractivity contribution in [1.29, 1.82) is 0 Å². The standard InChI is InChI=1S/C11H11F2N3O2/c1-8(17-9-5-3-2-4-6-9)18-11-7-10(12)14-16(13)15-11/h2-8,14H,1H3. The van der Waals surface area contributed by atoms with Crippen molar-refractivity contribution in [3.05, 3.63) is 42.4 Å². The molecule has 1 aliphatic rings. The van der Waals surface area contributed by atoms with Gasteiger partial charge in [0.05, 0.1) is 6.08 Å². The Morgan fingerprint density at radius 2 is 2.00 bits per heavy atom. The number of nitrogens with one attached hydrogen (secondary N) is 1. The zero-order valence-corrected chi connectivity index (χ0v) is 9.51. The van der Waals surface area contributed by atoms with Crippen LogP contribution >= 0.6 is 0 Å². The lowest BCUT2D eigenvalue weighted by molar-refractivity contribution is -0.0413. The van der Waals surface area contributed by atoms with Crippen molar-refractivity contribution >= 4 is 5.90 Å². The fraction of sp³-hybridized carbons (Fsp3) is 0.182. The first-order valence-corrected chi connectivity index (χ1v) is 5.20. The van der Waals surface area contributed by atoms with E-state index in [9.17, 15) is 8.87 Å². The number of para-hydroxylation sites is 1. The number of hydrazone groups is 1. The topological polar surface area (TPSA) is 46.1 Å². The first-order chi connectivity index (χ1) is 8.63. The molecule has 1 aromatic carbocycles. The number of halogens is 2. The third-order valence-electron chi connectivity index (χ3n) is 1.97. The van der Waals surface area contributed by atoms with Crippen LogP contribution in [0.4, 0.5) is 8.87 Å². The number of hydrogen-bond donors (Lipinski definition) is 1. The van der Waals surface area contributed by atoms with E-state index in [-0.39, 0.29) is 11.2 Å². The van der Waals surface area contributed by atoms with Crippen LogP contribution in [0.1, 0.15) is 6.92 Å². The van der Waals surface area contributed by atoms with E-state index in [4.69, 9.17) is 9.47 Å². The van der Waals surface area contributed by atoms with Gasteiger partial charge in [-0.15, -0.1) is 0 Å². The Hall–Kier alpha value is -2.31. The summed E-state index contributed by atoms with van der Waals surface area (Å²) in [6, 6.07) is 8.91. The average molecular weight is 255 g/mol. The van der Waals surface area contributed by atoms with Gasteiger partial charge in [-0.05, 0) is 17.5 Å². The van der Waals surface area contributed by atoms with Gasteiger partial charge >= 0.3 is 0 Å². The molecule has 0 bridgehead atoms. The van der Waals surface area contributed by atoms with Gasteiger partial charge in [-0.1, -0.05) is 27.8 Å². The molecule has 0 fully saturated rings. The zero-order chi connectivity index (χ0) is 13.0. The Morgan fingerprint density at radius 1 is 1.28 bits per heavy atom. The van der Waals surface area contributed by atoms with Gasteiger partial charge in [0, 0.05) is 6.92 Å². The summed E-state index contributed by atoms with van der Waals surface area (Å²) < 4.78 is 36.0. The summed E-state index contributed by atoms with van der Waals surface area (Å²) in [5.41, 5.74) is 1.68. The van der Waals surface area contributed by atoms with Crippen LogP contribution in [0.3, 0.4) is 0 Å². The van der Waals surface area contributed by atoms with Crippen LogP contribution in [0.15, 0.2) is 47.5 Å². The molecule has 0 aromatic heterocycles. The molecule has 1 N–H and O–H groups in total. The fourth-order valence-electron chi connectivity index (χ4n) is 1.31. The van der Waals surface area contributed by atoms with E-state index >= 15 is 0 Å². The summed E-state index contributed by atoms with van der Waals surface area (Å²) in [6.07, 6.45) is 0.183. The Kier molecular flexibility index (Phi) is 3.61. The molecule has 1 atom stereocenters. The number of hydrazine groups is 1. The van der Waals surface area contributed by atoms with Gasteiger partial charge in [-0.2, -0.15) is 4.39 Å². The molecule has 0 amide bonds. The highest BCUT2D eigenvalue weighted by Gasteiger charge is 2.16. The molecule has 0 aliphatic carbocycles. The Morgan fingerprint density at radius 3 is 2.67 bits per heavy atom. The van der Waals surface area contributed by atoms with Crippen molar-refractivity contribution in [2.24, 2.45) is 5.10 Å². The van der Waals surface area contributed by atoms with Crippen molar-refractivity contribution in [3.8, 4) is 5.75 Å². The normalized spacial score (nSPS) is 16.3. The maximum atomic E-state index is 12.8. The van der Waals surface area contributed by atoms with Crippen molar-refractivity contribution in [3.63, 3.8) is 0 Å².